The van der Waals surface area contributed by atoms with Gasteiger partial charge in [-0.1, -0.05) is 6.92 Å². The third-order valence-corrected chi connectivity index (χ3v) is 4.35. The smallest absolute Gasteiger partial charge is 0.0767 e. The lowest BCUT2D eigenvalue weighted by Crippen LogP contribution is -2.17. The van der Waals surface area contributed by atoms with Crippen molar-refractivity contribution in [1.82, 2.24) is 20.1 Å². The van der Waals surface area contributed by atoms with Crippen LogP contribution >= 0.6 is 15.9 Å². The van der Waals surface area contributed by atoms with Crippen LogP contribution in [0.2, 0.25) is 0 Å². The topological polar surface area (TPSA) is 42.7 Å². The largest absolute Gasteiger partial charge is 0.307 e. The number of aromatic nitrogens is 3. The Labute approximate surface area is 128 Å². The maximum absolute atomic E-state index is 4.61. The Bertz CT molecular complexity index is 577. The molecule has 108 valence electrons. The van der Waals surface area contributed by atoms with E-state index in [1.165, 1.54) is 16.8 Å². The van der Waals surface area contributed by atoms with Gasteiger partial charge in [0.2, 0.25) is 0 Å². The number of hydrogen-bond donors (Lipinski definition) is 1. The Morgan fingerprint density at radius 2 is 2.10 bits per heavy atom. The number of pyridine rings is 1. The van der Waals surface area contributed by atoms with Crippen molar-refractivity contribution in [2.24, 2.45) is 0 Å². The number of halogens is 1. The van der Waals surface area contributed by atoms with E-state index in [2.05, 4.69) is 62.8 Å². The standard InChI is InChI=1S/C15H21BrN4/c1-4-13-15(16)14(20(5-2)19-13)10-18-9-12-6-7-17-8-11(12)3/h6-8,18H,4-5,9-10H2,1-3H3. The van der Waals surface area contributed by atoms with Crippen LogP contribution in [0, 0.1) is 6.92 Å². The predicted octanol–water partition coefficient (Wildman–Crippen LogP) is 3.22. The molecule has 0 aliphatic rings. The van der Waals surface area contributed by atoms with Gasteiger partial charge in [-0.25, -0.2) is 0 Å². The fourth-order valence-electron chi connectivity index (χ4n) is 2.20. The summed E-state index contributed by atoms with van der Waals surface area (Å²) in [6.45, 7) is 8.88. The van der Waals surface area contributed by atoms with Gasteiger partial charge >= 0.3 is 0 Å². The summed E-state index contributed by atoms with van der Waals surface area (Å²) < 4.78 is 3.20. The highest BCUT2D eigenvalue weighted by molar-refractivity contribution is 9.10. The third-order valence-electron chi connectivity index (χ3n) is 3.44. The molecule has 0 aliphatic carbocycles. The van der Waals surface area contributed by atoms with Crippen LogP contribution < -0.4 is 5.32 Å². The molecule has 2 rings (SSSR count). The molecule has 0 saturated heterocycles. The zero-order chi connectivity index (χ0) is 14.5. The Kier molecular flexibility index (Phi) is 5.31. The van der Waals surface area contributed by atoms with Crippen LogP contribution in [0.1, 0.15) is 36.4 Å². The molecule has 0 saturated carbocycles. The minimum Gasteiger partial charge on any atom is -0.307 e. The minimum atomic E-state index is 0.809. The molecule has 4 nitrogen and oxygen atoms in total. The van der Waals surface area contributed by atoms with Gasteiger partial charge in [0, 0.05) is 32.0 Å². The summed E-state index contributed by atoms with van der Waals surface area (Å²) in [6, 6.07) is 2.06. The van der Waals surface area contributed by atoms with Crippen molar-refractivity contribution >= 4 is 15.9 Å². The zero-order valence-electron chi connectivity index (χ0n) is 12.3. The van der Waals surface area contributed by atoms with Gasteiger partial charge in [0.15, 0.2) is 0 Å². The van der Waals surface area contributed by atoms with E-state index < -0.39 is 0 Å². The number of rotatable bonds is 6. The maximum atomic E-state index is 4.61. The summed E-state index contributed by atoms with van der Waals surface area (Å²) in [5.74, 6) is 0. The summed E-state index contributed by atoms with van der Waals surface area (Å²) in [5, 5.41) is 8.10. The average Bonchev–Trinajstić information content (AvgIpc) is 2.77. The van der Waals surface area contributed by atoms with Gasteiger partial charge in [0.05, 0.1) is 15.9 Å². The first-order chi connectivity index (χ1) is 9.67. The molecule has 5 heteroatoms. The molecule has 2 aromatic heterocycles. The van der Waals surface area contributed by atoms with Crippen molar-refractivity contribution < 1.29 is 0 Å². The van der Waals surface area contributed by atoms with Crippen molar-refractivity contribution in [2.45, 2.75) is 46.8 Å². The number of nitrogens with one attached hydrogen (secondary N) is 1. The highest BCUT2D eigenvalue weighted by atomic mass is 79.9. The lowest BCUT2D eigenvalue weighted by atomic mass is 10.1. The van der Waals surface area contributed by atoms with Crippen LogP contribution in [-0.4, -0.2) is 14.8 Å². The lowest BCUT2D eigenvalue weighted by molar-refractivity contribution is 0.576. The van der Waals surface area contributed by atoms with Gasteiger partial charge in [-0.05, 0) is 53.4 Å². The molecular weight excluding hydrogens is 316 g/mol. The molecule has 0 bridgehead atoms. The third kappa shape index (κ3) is 3.27. The van der Waals surface area contributed by atoms with Crippen molar-refractivity contribution in [3.05, 3.63) is 45.4 Å². The van der Waals surface area contributed by atoms with E-state index in [9.17, 15) is 0 Å². The Morgan fingerprint density at radius 3 is 2.75 bits per heavy atom. The second-order valence-electron chi connectivity index (χ2n) is 4.78. The zero-order valence-corrected chi connectivity index (χ0v) is 13.9. The van der Waals surface area contributed by atoms with Crippen LogP contribution in [-0.2, 0) is 26.1 Å². The van der Waals surface area contributed by atoms with Crippen LogP contribution in [0.15, 0.2) is 22.9 Å². The highest BCUT2D eigenvalue weighted by Crippen LogP contribution is 2.22. The van der Waals surface area contributed by atoms with Gasteiger partial charge in [-0.3, -0.25) is 9.67 Å². The van der Waals surface area contributed by atoms with Gasteiger partial charge in [0.1, 0.15) is 0 Å². The van der Waals surface area contributed by atoms with Crippen LogP contribution in [0.3, 0.4) is 0 Å². The van der Waals surface area contributed by atoms with E-state index >= 15 is 0 Å². The maximum Gasteiger partial charge on any atom is 0.0767 e. The SMILES string of the molecule is CCc1nn(CC)c(CNCc2ccncc2C)c1Br. The molecular formula is C15H21BrN4. The van der Waals surface area contributed by atoms with E-state index in [0.29, 0.717) is 0 Å². The van der Waals surface area contributed by atoms with Crippen LogP contribution in [0.4, 0.5) is 0 Å². The Balaban J connectivity index is 2.04. The average molecular weight is 337 g/mol. The number of hydrogen-bond acceptors (Lipinski definition) is 3. The van der Waals surface area contributed by atoms with Gasteiger partial charge in [-0.2, -0.15) is 5.10 Å². The minimum absolute atomic E-state index is 0.809. The van der Waals surface area contributed by atoms with E-state index in [-0.39, 0.29) is 0 Å². The lowest BCUT2D eigenvalue weighted by Gasteiger charge is -2.09. The molecule has 2 heterocycles. The summed E-state index contributed by atoms with van der Waals surface area (Å²) in [7, 11) is 0. The van der Waals surface area contributed by atoms with Gasteiger partial charge in [0.25, 0.3) is 0 Å². The molecule has 0 amide bonds. The number of nitrogens with zero attached hydrogens (tertiary/aromatic N) is 3. The van der Waals surface area contributed by atoms with Crippen molar-refractivity contribution in [2.75, 3.05) is 0 Å². The highest BCUT2D eigenvalue weighted by Gasteiger charge is 2.13. The van der Waals surface area contributed by atoms with Crippen LogP contribution in [0.25, 0.3) is 0 Å². The molecule has 2 aromatic rings. The van der Waals surface area contributed by atoms with Crippen molar-refractivity contribution in [3.63, 3.8) is 0 Å². The summed E-state index contributed by atoms with van der Waals surface area (Å²) in [6.07, 6.45) is 4.69. The molecule has 20 heavy (non-hydrogen) atoms. The molecule has 1 N–H and O–H groups in total. The summed E-state index contributed by atoms with van der Waals surface area (Å²) >= 11 is 3.67. The van der Waals surface area contributed by atoms with E-state index in [1.807, 2.05) is 12.4 Å². The molecule has 0 spiro atoms. The fourth-order valence-corrected chi connectivity index (χ4v) is 2.91. The van der Waals surface area contributed by atoms with Gasteiger partial charge in [-0.15, -0.1) is 0 Å². The molecule has 0 atom stereocenters. The predicted molar refractivity (Wildman–Crippen MR) is 84.5 cm³/mol. The van der Waals surface area contributed by atoms with Gasteiger partial charge < -0.3 is 5.32 Å². The van der Waals surface area contributed by atoms with E-state index in [0.717, 1.165) is 36.2 Å². The van der Waals surface area contributed by atoms with Crippen LogP contribution in [0.5, 0.6) is 0 Å². The summed E-state index contributed by atoms with van der Waals surface area (Å²) in [4.78, 5) is 4.12. The molecule has 0 radical (unpaired) electrons. The second kappa shape index (κ2) is 6.99. The Hall–Kier alpha value is -1.20. The van der Waals surface area contributed by atoms with E-state index in [1.54, 1.807) is 0 Å². The van der Waals surface area contributed by atoms with E-state index in [4.69, 9.17) is 0 Å². The molecule has 0 aliphatic heterocycles. The quantitative estimate of drug-likeness (QED) is 0.880. The second-order valence-corrected chi connectivity index (χ2v) is 5.58. The van der Waals surface area contributed by atoms with Crippen molar-refractivity contribution in [1.29, 1.82) is 0 Å². The first kappa shape index (κ1) is 15.2. The first-order valence-electron chi connectivity index (χ1n) is 7.01. The fraction of sp³-hybridized carbons (Fsp3) is 0.467. The summed E-state index contributed by atoms with van der Waals surface area (Å²) in [5.41, 5.74) is 4.85. The molecule has 0 unspecified atom stereocenters. The molecule has 0 aromatic carbocycles. The Morgan fingerprint density at radius 1 is 1.30 bits per heavy atom. The normalized spacial score (nSPS) is 11.0. The monoisotopic (exact) mass is 336 g/mol. The molecule has 0 fully saturated rings. The first-order valence-corrected chi connectivity index (χ1v) is 7.80. The number of aryl methyl sites for hydroxylation is 3. The van der Waals surface area contributed by atoms with Crippen molar-refractivity contribution in [3.8, 4) is 0 Å².